The molecular weight excluding hydrogens is 463 g/mol. The van der Waals surface area contributed by atoms with Crippen LogP contribution < -0.4 is 0 Å². The first-order chi connectivity index (χ1) is 16.3. The number of furan rings is 1. The molecule has 34 heavy (non-hydrogen) atoms. The average Bonchev–Trinajstić information content (AvgIpc) is 3.39. The van der Waals surface area contributed by atoms with Crippen LogP contribution >= 0.6 is 11.8 Å². The first-order valence-corrected chi connectivity index (χ1v) is 11.1. The summed E-state index contributed by atoms with van der Waals surface area (Å²) in [5, 5.41) is 1.54. The number of carbonyl (C=O) groups excluding carboxylic acids is 2. The summed E-state index contributed by atoms with van der Waals surface area (Å²) in [6.45, 7) is 0.117. The van der Waals surface area contributed by atoms with E-state index in [1.54, 1.807) is 0 Å². The van der Waals surface area contributed by atoms with Crippen LogP contribution in [0.15, 0.2) is 88.2 Å². The van der Waals surface area contributed by atoms with E-state index in [0.717, 1.165) is 39.1 Å². The quantitative estimate of drug-likeness (QED) is 0.287. The molecule has 1 aliphatic rings. The monoisotopic (exact) mass is 479 g/mol. The van der Waals surface area contributed by atoms with E-state index in [1.807, 2.05) is 42.5 Å². The number of hydrogen-bond donors (Lipinski definition) is 0. The molecule has 0 bridgehead atoms. The van der Waals surface area contributed by atoms with Gasteiger partial charge in [-0.25, -0.2) is 0 Å². The predicted octanol–water partition coefficient (Wildman–Crippen LogP) is 7.36. The Hall–Kier alpha value is -3.78. The highest BCUT2D eigenvalue weighted by Gasteiger charge is 2.36. The third-order valence-corrected chi connectivity index (χ3v) is 6.39. The van der Waals surface area contributed by atoms with Crippen molar-refractivity contribution in [1.29, 1.82) is 0 Å². The van der Waals surface area contributed by atoms with E-state index in [9.17, 15) is 22.8 Å². The van der Waals surface area contributed by atoms with E-state index in [-0.39, 0.29) is 28.5 Å². The summed E-state index contributed by atoms with van der Waals surface area (Å²) in [5.74, 6) is -0.270. The Balaban J connectivity index is 1.41. The fourth-order valence-corrected chi connectivity index (χ4v) is 4.70. The fraction of sp³-hybridized carbons (Fsp3) is 0.0769. The second-order valence-corrected chi connectivity index (χ2v) is 8.64. The van der Waals surface area contributed by atoms with E-state index < -0.39 is 22.9 Å². The van der Waals surface area contributed by atoms with Gasteiger partial charge in [-0.3, -0.25) is 14.5 Å². The number of hydrogen-bond acceptors (Lipinski definition) is 4. The van der Waals surface area contributed by atoms with Crippen molar-refractivity contribution in [2.24, 2.45) is 0 Å². The van der Waals surface area contributed by atoms with Crippen LogP contribution in [0.3, 0.4) is 0 Å². The van der Waals surface area contributed by atoms with Crippen LogP contribution in [0.5, 0.6) is 0 Å². The average molecular weight is 479 g/mol. The van der Waals surface area contributed by atoms with Crippen LogP contribution in [0.2, 0.25) is 0 Å². The van der Waals surface area contributed by atoms with Crippen molar-refractivity contribution in [1.82, 2.24) is 4.90 Å². The molecule has 0 N–H and O–H groups in total. The molecule has 0 aliphatic carbocycles. The largest absolute Gasteiger partial charge is 0.457 e. The van der Waals surface area contributed by atoms with Crippen LogP contribution in [0.25, 0.3) is 28.2 Å². The van der Waals surface area contributed by atoms with Crippen molar-refractivity contribution in [3.8, 4) is 11.3 Å². The van der Waals surface area contributed by atoms with Crippen molar-refractivity contribution >= 4 is 39.8 Å². The minimum atomic E-state index is -4.53. The summed E-state index contributed by atoms with van der Waals surface area (Å²) in [5.41, 5.74) is -0.0734. The van der Waals surface area contributed by atoms with E-state index in [0.29, 0.717) is 0 Å². The molecule has 0 radical (unpaired) electrons. The molecule has 4 nitrogen and oxygen atoms in total. The Labute approximate surface area is 196 Å². The van der Waals surface area contributed by atoms with Gasteiger partial charge in [-0.2, -0.15) is 13.2 Å². The third-order valence-electron chi connectivity index (χ3n) is 5.48. The molecule has 4 aromatic rings. The van der Waals surface area contributed by atoms with Crippen molar-refractivity contribution < 1.29 is 27.2 Å². The Morgan fingerprint density at radius 2 is 1.62 bits per heavy atom. The second kappa shape index (κ2) is 8.53. The van der Waals surface area contributed by atoms with Gasteiger partial charge in [0.25, 0.3) is 11.1 Å². The molecular formula is C26H16F3NO3S. The summed E-state index contributed by atoms with van der Waals surface area (Å²) in [6.07, 6.45) is -3.15. The van der Waals surface area contributed by atoms with Gasteiger partial charge in [0, 0.05) is 11.6 Å². The third kappa shape index (κ3) is 4.12. The standard InChI is InChI=1S/C26H16F3NO3S/c27-26(28,29)21-11-4-3-10-20(21)22-13-12-18(33-22)14-23-24(31)30(25(32)34-23)15-17-8-5-7-16-6-1-2-9-19(16)17/h1-14H,15H2/b23-14-. The highest BCUT2D eigenvalue weighted by molar-refractivity contribution is 8.18. The number of benzene rings is 3. The van der Waals surface area contributed by atoms with E-state index >= 15 is 0 Å². The van der Waals surface area contributed by atoms with Gasteiger partial charge in [0.05, 0.1) is 17.0 Å². The lowest BCUT2D eigenvalue weighted by Gasteiger charge is -2.14. The number of thioether (sulfide) groups is 1. The Bertz CT molecular complexity index is 1450. The predicted molar refractivity (Wildman–Crippen MR) is 125 cm³/mol. The molecule has 3 aromatic carbocycles. The molecule has 2 amide bonds. The summed E-state index contributed by atoms with van der Waals surface area (Å²) >= 11 is 0.772. The van der Waals surface area contributed by atoms with E-state index in [4.69, 9.17) is 4.42 Å². The Morgan fingerprint density at radius 3 is 2.44 bits per heavy atom. The summed E-state index contributed by atoms with van der Waals surface area (Å²) in [7, 11) is 0. The van der Waals surface area contributed by atoms with Gasteiger partial charge in [0.15, 0.2) is 0 Å². The Kier molecular flexibility index (Phi) is 5.53. The van der Waals surface area contributed by atoms with Crippen LogP contribution in [0, 0.1) is 0 Å². The molecule has 2 heterocycles. The maximum absolute atomic E-state index is 13.3. The lowest BCUT2D eigenvalue weighted by atomic mass is 10.0. The highest BCUT2D eigenvalue weighted by atomic mass is 32.2. The minimum absolute atomic E-state index is 0.0224. The summed E-state index contributed by atoms with van der Waals surface area (Å²) in [6, 6.07) is 21.4. The van der Waals surface area contributed by atoms with Gasteiger partial charge in [-0.1, -0.05) is 60.7 Å². The van der Waals surface area contributed by atoms with Crippen LogP contribution in [0.4, 0.5) is 18.0 Å². The number of amides is 2. The molecule has 5 rings (SSSR count). The van der Waals surface area contributed by atoms with Gasteiger partial charge in [0.1, 0.15) is 11.5 Å². The SMILES string of the molecule is O=C1S/C(=C\c2ccc(-c3ccccc3C(F)(F)F)o2)C(=O)N1Cc1cccc2ccccc12. The molecule has 1 aromatic heterocycles. The van der Waals surface area contributed by atoms with Crippen LogP contribution in [-0.4, -0.2) is 16.0 Å². The molecule has 0 unspecified atom stereocenters. The lowest BCUT2D eigenvalue weighted by molar-refractivity contribution is -0.137. The van der Waals surface area contributed by atoms with Crippen molar-refractivity contribution in [3.05, 3.63) is 101 Å². The molecule has 1 fully saturated rings. The number of alkyl halides is 3. The zero-order valence-corrected chi connectivity index (χ0v) is 18.3. The molecule has 0 atom stereocenters. The minimum Gasteiger partial charge on any atom is -0.457 e. The maximum Gasteiger partial charge on any atom is 0.417 e. The maximum atomic E-state index is 13.3. The molecule has 1 saturated heterocycles. The van der Waals surface area contributed by atoms with E-state index in [2.05, 4.69) is 0 Å². The molecule has 0 saturated carbocycles. The van der Waals surface area contributed by atoms with Crippen LogP contribution in [-0.2, 0) is 17.5 Å². The number of nitrogens with zero attached hydrogens (tertiary/aromatic N) is 1. The van der Waals surface area contributed by atoms with Gasteiger partial charge in [-0.05, 0) is 46.3 Å². The van der Waals surface area contributed by atoms with Crippen molar-refractivity contribution in [2.75, 3.05) is 0 Å². The van der Waals surface area contributed by atoms with Gasteiger partial charge >= 0.3 is 6.18 Å². The number of imide groups is 1. The van der Waals surface area contributed by atoms with Gasteiger partial charge in [-0.15, -0.1) is 0 Å². The number of halogens is 3. The van der Waals surface area contributed by atoms with Crippen molar-refractivity contribution in [3.63, 3.8) is 0 Å². The Morgan fingerprint density at radius 1 is 0.882 bits per heavy atom. The number of fused-ring (bicyclic) bond motifs is 1. The summed E-state index contributed by atoms with van der Waals surface area (Å²) in [4.78, 5) is 26.8. The second-order valence-electron chi connectivity index (χ2n) is 7.65. The zero-order chi connectivity index (χ0) is 23.9. The molecule has 8 heteroatoms. The number of carbonyl (C=O) groups is 2. The normalized spacial score (nSPS) is 15.6. The number of rotatable bonds is 4. The van der Waals surface area contributed by atoms with E-state index in [1.165, 1.54) is 36.4 Å². The molecule has 0 spiro atoms. The summed E-state index contributed by atoms with van der Waals surface area (Å²) < 4.78 is 45.6. The van der Waals surface area contributed by atoms with Crippen LogP contribution in [0.1, 0.15) is 16.9 Å². The highest BCUT2D eigenvalue weighted by Crippen LogP contribution is 2.39. The molecule has 1 aliphatic heterocycles. The van der Waals surface area contributed by atoms with Crippen molar-refractivity contribution in [2.45, 2.75) is 12.7 Å². The first kappa shape index (κ1) is 22.0. The fourth-order valence-electron chi connectivity index (χ4n) is 3.89. The zero-order valence-electron chi connectivity index (χ0n) is 17.5. The van der Waals surface area contributed by atoms with Gasteiger partial charge < -0.3 is 4.42 Å². The topological polar surface area (TPSA) is 50.5 Å². The van der Waals surface area contributed by atoms with Gasteiger partial charge in [0.2, 0.25) is 0 Å². The smallest absolute Gasteiger partial charge is 0.417 e. The molecule has 170 valence electrons. The lowest BCUT2D eigenvalue weighted by Crippen LogP contribution is -2.27. The first-order valence-electron chi connectivity index (χ1n) is 10.3.